The van der Waals surface area contributed by atoms with Crippen LogP contribution in [0.1, 0.15) is 35.2 Å². The van der Waals surface area contributed by atoms with Crippen LogP contribution in [-0.2, 0) is 28.4 Å². The number of para-hydroxylation sites is 1. The molecule has 0 unspecified atom stereocenters. The normalized spacial score (nSPS) is 25.5. The fraction of sp³-hybridized carbons (Fsp3) is 0.424. The average molecular weight is 648 g/mol. The Balaban J connectivity index is 1.08. The van der Waals surface area contributed by atoms with Crippen molar-refractivity contribution in [3.05, 3.63) is 70.8 Å². The lowest BCUT2D eigenvalue weighted by Gasteiger charge is -2.44. The van der Waals surface area contributed by atoms with Gasteiger partial charge in [-0.3, -0.25) is 9.88 Å². The number of hydrogen-bond acceptors (Lipinski definition) is 10. The molecule has 0 amide bonds. The van der Waals surface area contributed by atoms with Gasteiger partial charge >= 0.3 is 5.97 Å². The molecule has 8 rings (SSSR count). The van der Waals surface area contributed by atoms with Crippen molar-refractivity contribution in [3.63, 3.8) is 0 Å². The van der Waals surface area contributed by atoms with E-state index in [1.54, 1.807) is 18.3 Å². The number of halogens is 1. The Morgan fingerprint density at radius 2 is 2.00 bits per heavy atom. The number of nitrogens with zero attached hydrogens (tertiary/aromatic N) is 5. The summed E-state index contributed by atoms with van der Waals surface area (Å²) in [5.41, 5.74) is 3.13. The maximum atomic E-state index is 11.9. The van der Waals surface area contributed by atoms with Crippen LogP contribution in [0.25, 0.3) is 11.0 Å². The zero-order valence-electron chi connectivity index (χ0n) is 25.5. The number of methoxy groups -OCH3 is 1. The van der Waals surface area contributed by atoms with Crippen LogP contribution in [-0.4, -0.2) is 88.7 Å². The van der Waals surface area contributed by atoms with E-state index in [9.17, 15) is 9.90 Å². The highest BCUT2D eigenvalue weighted by molar-refractivity contribution is 6.30. The molecule has 4 atom stereocenters. The summed E-state index contributed by atoms with van der Waals surface area (Å²) in [7, 11) is 1.54. The van der Waals surface area contributed by atoms with E-state index in [0.717, 1.165) is 43.1 Å². The van der Waals surface area contributed by atoms with E-state index in [-0.39, 0.29) is 23.8 Å². The molecule has 0 bridgehead atoms. The Morgan fingerprint density at radius 3 is 2.74 bits per heavy atom. The van der Waals surface area contributed by atoms with Gasteiger partial charge in [0.2, 0.25) is 0 Å². The van der Waals surface area contributed by atoms with Crippen LogP contribution in [0, 0.1) is 0 Å². The molecule has 0 spiro atoms. The van der Waals surface area contributed by atoms with Crippen molar-refractivity contribution in [2.24, 2.45) is 0 Å². The fourth-order valence-electron chi connectivity index (χ4n) is 6.99. The number of aromatic nitrogens is 3. The summed E-state index contributed by atoms with van der Waals surface area (Å²) in [6.07, 6.45) is 2.60. The molecule has 4 aromatic rings. The first-order valence-electron chi connectivity index (χ1n) is 15.4. The number of imidazole rings is 1. The van der Waals surface area contributed by atoms with E-state index in [1.807, 2.05) is 25.1 Å². The Bertz CT molecular complexity index is 1810. The van der Waals surface area contributed by atoms with Crippen LogP contribution < -0.4 is 19.1 Å². The molecule has 2 aromatic carbocycles. The zero-order valence-corrected chi connectivity index (χ0v) is 26.3. The molecule has 4 aliphatic heterocycles. The summed E-state index contributed by atoms with van der Waals surface area (Å²) in [5, 5.41) is 10.3. The smallest absolute Gasteiger partial charge is 0.335 e. The van der Waals surface area contributed by atoms with E-state index >= 15 is 0 Å². The Kier molecular flexibility index (Phi) is 7.20. The third-order valence-electron chi connectivity index (χ3n) is 9.47. The van der Waals surface area contributed by atoms with Crippen LogP contribution in [0.5, 0.6) is 17.2 Å². The molecule has 0 saturated carbocycles. The number of ether oxygens (including phenoxy) is 5. The van der Waals surface area contributed by atoms with Crippen molar-refractivity contribution in [2.45, 2.75) is 50.4 Å². The first kappa shape index (κ1) is 29.3. The second-order valence-electron chi connectivity index (χ2n) is 12.2. The lowest BCUT2D eigenvalue weighted by atomic mass is 10.0. The first-order valence-corrected chi connectivity index (χ1v) is 15.8. The number of aromatic carboxylic acids is 1. The quantitative estimate of drug-likeness (QED) is 0.294. The molecule has 0 radical (unpaired) electrons. The maximum absolute atomic E-state index is 11.9. The van der Waals surface area contributed by atoms with Crippen molar-refractivity contribution in [3.8, 4) is 17.2 Å². The summed E-state index contributed by atoms with van der Waals surface area (Å²) in [4.78, 5) is 26.2. The summed E-state index contributed by atoms with van der Waals surface area (Å²) < 4.78 is 32.4. The van der Waals surface area contributed by atoms with E-state index in [4.69, 9.17) is 40.3 Å². The molecule has 13 heteroatoms. The van der Waals surface area contributed by atoms with E-state index in [0.29, 0.717) is 59.8 Å². The van der Waals surface area contributed by atoms with Crippen molar-refractivity contribution in [2.75, 3.05) is 44.9 Å². The van der Waals surface area contributed by atoms with Gasteiger partial charge in [-0.2, -0.15) is 0 Å². The topological polar surface area (TPSA) is 121 Å². The average Bonchev–Trinajstić information content (AvgIpc) is 3.74. The van der Waals surface area contributed by atoms with Crippen LogP contribution in [0.15, 0.2) is 48.7 Å². The van der Waals surface area contributed by atoms with Gasteiger partial charge in [-0.05, 0) is 42.8 Å². The van der Waals surface area contributed by atoms with Gasteiger partial charge in [0.25, 0.3) is 5.79 Å². The molecule has 3 saturated heterocycles. The number of benzene rings is 2. The summed E-state index contributed by atoms with van der Waals surface area (Å²) >= 11 is 6.08. The number of pyridine rings is 1. The van der Waals surface area contributed by atoms with Gasteiger partial charge in [0.1, 0.15) is 22.8 Å². The molecule has 2 aromatic heterocycles. The van der Waals surface area contributed by atoms with E-state index < -0.39 is 11.8 Å². The Hall–Kier alpha value is -4.10. The number of anilines is 1. The minimum absolute atomic E-state index is 0.0613. The molecule has 240 valence electrons. The van der Waals surface area contributed by atoms with Crippen LogP contribution >= 0.6 is 11.6 Å². The number of fused-ring (bicyclic) bond motifs is 3. The largest absolute Gasteiger partial charge is 0.494 e. The van der Waals surface area contributed by atoms with Crippen LogP contribution in [0.3, 0.4) is 0 Å². The van der Waals surface area contributed by atoms with Crippen molar-refractivity contribution >= 4 is 34.3 Å². The highest BCUT2D eigenvalue weighted by Gasteiger charge is 2.46. The van der Waals surface area contributed by atoms with Gasteiger partial charge in [0, 0.05) is 32.8 Å². The molecular weight excluding hydrogens is 614 g/mol. The number of piperazine rings is 1. The molecule has 46 heavy (non-hydrogen) atoms. The maximum Gasteiger partial charge on any atom is 0.335 e. The second-order valence-corrected chi connectivity index (χ2v) is 12.7. The van der Waals surface area contributed by atoms with Gasteiger partial charge in [0.15, 0.2) is 11.5 Å². The molecule has 1 N–H and O–H groups in total. The highest BCUT2D eigenvalue weighted by Crippen LogP contribution is 2.50. The van der Waals surface area contributed by atoms with Gasteiger partial charge in [-0.25, -0.2) is 9.78 Å². The third kappa shape index (κ3) is 4.91. The Morgan fingerprint density at radius 1 is 1.15 bits per heavy atom. The van der Waals surface area contributed by atoms with Crippen molar-refractivity contribution in [1.29, 1.82) is 0 Å². The van der Waals surface area contributed by atoms with E-state index in [1.165, 1.54) is 13.2 Å². The minimum Gasteiger partial charge on any atom is -0.494 e. The first-order chi connectivity index (χ1) is 22.3. The predicted molar refractivity (Wildman–Crippen MR) is 168 cm³/mol. The predicted octanol–water partition coefficient (Wildman–Crippen LogP) is 4.31. The van der Waals surface area contributed by atoms with Gasteiger partial charge in [-0.15, -0.1) is 0 Å². The van der Waals surface area contributed by atoms with Crippen molar-refractivity contribution in [1.82, 2.24) is 19.4 Å². The van der Waals surface area contributed by atoms with Gasteiger partial charge < -0.3 is 38.3 Å². The summed E-state index contributed by atoms with van der Waals surface area (Å²) in [6, 6.07) is 12.9. The summed E-state index contributed by atoms with van der Waals surface area (Å²) in [5.74, 6) is 0.538. The molecular formula is C33H34ClN5O7. The molecule has 3 fully saturated rings. The van der Waals surface area contributed by atoms with Gasteiger partial charge in [-0.1, -0.05) is 17.7 Å². The lowest BCUT2D eigenvalue weighted by molar-refractivity contribution is -0.0716. The molecule has 6 heterocycles. The molecule has 12 nitrogen and oxygen atoms in total. The Labute approximate surface area is 270 Å². The number of carboxylic acids is 1. The lowest BCUT2D eigenvalue weighted by Crippen LogP contribution is -2.59. The zero-order chi connectivity index (χ0) is 31.6. The number of hydrogen-bond donors (Lipinski definition) is 1. The number of carboxylic acid groups (broad SMARTS) is 1. The molecule has 4 aliphatic rings. The number of rotatable bonds is 8. The van der Waals surface area contributed by atoms with Crippen LogP contribution in [0.2, 0.25) is 5.02 Å². The second kappa shape index (κ2) is 11.3. The van der Waals surface area contributed by atoms with Gasteiger partial charge in [0.05, 0.1) is 73.4 Å². The molecule has 0 aliphatic carbocycles. The monoisotopic (exact) mass is 647 g/mol. The third-order valence-corrected chi connectivity index (χ3v) is 9.69. The minimum atomic E-state index is -1.08. The van der Waals surface area contributed by atoms with E-state index in [2.05, 4.69) is 25.4 Å². The standard InChI is InChI=1S/C33H34ClN5O7/c1-33(28-7-6-20(34)14-35-28)45-26-5-3-4-22(31(26)46-33)38-10-9-37(24-17-43-18-25(24)38)16-29-36-30-23(39(29)15-21-8-11-44-21)12-19(32(40)41)13-27(30)42-2/h3-7,12-14,21,24-25H,8-11,15-18H2,1-2H3,(H,40,41)/t21-,24-,25+,33-/m0/s1. The SMILES string of the molecule is COc1cc(C(=O)O)cc2c1nc(CN1CCN(c3cccc4c3O[C@@](C)(c3ccc(Cl)cn3)O4)[C@@H]3COC[C@@H]31)n2C[C@@H]1CCO1. The van der Waals surface area contributed by atoms with Crippen molar-refractivity contribution < 1.29 is 33.6 Å². The van der Waals surface area contributed by atoms with Crippen LogP contribution in [0.4, 0.5) is 5.69 Å². The summed E-state index contributed by atoms with van der Waals surface area (Å²) in [6.45, 7) is 6.40. The number of carbonyl (C=O) groups is 1. The fourth-order valence-corrected chi connectivity index (χ4v) is 7.10. The highest BCUT2D eigenvalue weighted by atomic mass is 35.5.